The van der Waals surface area contributed by atoms with Crippen LogP contribution in [0.15, 0.2) is 66.7 Å². The molecular weight excluding hydrogens is 430 g/mol. The maximum atomic E-state index is 13.1. The van der Waals surface area contributed by atoms with Gasteiger partial charge in [0.1, 0.15) is 0 Å². The van der Waals surface area contributed by atoms with E-state index in [1.165, 1.54) is 0 Å². The minimum absolute atomic E-state index is 0.255. The molecule has 0 N–H and O–H groups in total. The number of Topliss-reactive ketones (excluding diaryl/α,β-unsaturated/α-hetero) is 1. The summed E-state index contributed by atoms with van der Waals surface area (Å²) in [7, 11) is 3.13. The van der Waals surface area contributed by atoms with Crippen LogP contribution >= 0.6 is 0 Å². The minimum Gasteiger partial charge on any atom is -0.493 e. The average molecular weight is 456 g/mol. The summed E-state index contributed by atoms with van der Waals surface area (Å²) in [5, 5.41) is 0.648. The molecule has 0 radical (unpaired) electrons. The van der Waals surface area contributed by atoms with Crippen LogP contribution in [0.2, 0.25) is 0 Å². The van der Waals surface area contributed by atoms with Gasteiger partial charge in [0.25, 0.3) is 0 Å². The molecule has 6 heteroatoms. The fourth-order valence-corrected chi connectivity index (χ4v) is 3.69. The number of aryl methyl sites for hydroxylation is 2. The number of rotatable bonds is 7. The van der Waals surface area contributed by atoms with E-state index in [0.717, 1.165) is 16.7 Å². The van der Waals surface area contributed by atoms with Crippen LogP contribution in [0.25, 0.3) is 22.2 Å². The summed E-state index contributed by atoms with van der Waals surface area (Å²) in [5.41, 5.74) is 4.93. The van der Waals surface area contributed by atoms with Crippen LogP contribution in [0.3, 0.4) is 0 Å². The van der Waals surface area contributed by atoms with Crippen molar-refractivity contribution in [1.82, 2.24) is 4.98 Å². The van der Waals surface area contributed by atoms with Crippen LogP contribution in [-0.4, -0.2) is 37.6 Å². The molecule has 1 heterocycles. The SMILES string of the molecule is COc1ccc(-c2cc(C(=O)OCC(=O)c3ccc(C)c(C)c3)c3ccccc3n2)cc1OC. The maximum Gasteiger partial charge on any atom is 0.339 e. The van der Waals surface area contributed by atoms with E-state index in [9.17, 15) is 9.59 Å². The van der Waals surface area contributed by atoms with E-state index >= 15 is 0 Å². The molecule has 4 aromatic rings. The van der Waals surface area contributed by atoms with Gasteiger partial charge in [-0.3, -0.25) is 4.79 Å². The average Bonchev–Trinajstić information content (AvgIpc) is 2.87. The molecule has 0 aliphatic heterocycles. The predicted molar refractivity (Wildman–Crippen MR) is 131 cm³/mol. The van der Waals surface area contributed by atoms with Gasteiger partial charge in [0, 0.05) is 16.5 Å². The first-order valence-corrected chi connectivity index (χ1v) is 10.8. The molecule has 0 saturated heterocycles. The number of hydrogen-bond acceptors (Lipinski definition) is 6. The zero-order chi connectivity index (χ0) is 24.2. The highest BCUT2D eigenvalue weighted by molar-refractivity contribution is 6.06. The second kappa shape index (κ2) is 9.75. The molecule has 0 fully saturated rings. The molecule has 6 nitrogen and oxygen atoms in total. The Hall–Kier alpha value is -4.19. The van der Waals surface area contributed by atoms with Crippen molar-refractivity contribution in [3.05, 3.63) is 89.0 Å². The number of para-hydroxylation sites is 1. The number of hydrogen-bond donors (Lipinski definition) is 0. The number of nitrogens with zero attached hydrogens (tertiary/aromatic N) is 1. The Morgan fingerprint density at radius 2 is 1.59 bits per heavy atom. The molecule has 172 valence electrons. The van der Waals surface area contributed by atoms with Gasteiger partial charge in [-0.2, -0.15) is 0 Å². The Kier molecular flexibility index (Phi) is 6.59. The lowest BCUT2D eigenvalue weighted by Crippen LogP contribution is -2.15. The number of aromatic nitrogens is 1. The minimum atomic E-state index is -0.586. The Morgan fingerprint density at radius 3 is 2.32 bits per heavy atom. The highest BCUT2D eigenvalue weighted by Gasteiger charge is 2.18. The number of esters is 1. The number of ether oxygens (including phenoxy) is 3. The van der Waals surface area contributed by atoms with Gasteiger partial charge < -0.3 is 14.2 Å². The third kappa shape index (κ3) is 4.62. The largest absolute Gasteiger partial charge is 0.493 e. The van der Waals surface area contributed by atoms with Gasteiger partial charge in [0.2, 0.25) is 0 Å². The van der Waals surface area contributed by atoms with Crippen LogP contribution < -0.4 is 9.47 Å². The van der Waals surface area contributed by atoms with Crippen molar-refractivity contribution in [3.63, 3.8) is 0 Å². The van der Waals surface area contributed by atoms with Crippen LogP contribution in [-0.2, 0) is 4.74 Å². The molecule has 0 spiro atoms. The molecule has 0 aliphatic carbocycles. The summed E-state index contributed by atoms with van der Waals surface area (Å²) in [5.74, 6) is 0.307. The lowest BCUT2D eigenvalue weighted by atomic mass is 10.0. The zero-order valence-corrected chi connectivity index (χ0v) is 19.5. The van der Waals surface area contributed by atoms with E-state index in [1.54, 1.807) is 38.5 Å². The van der Waals surface area contributed by atoms with E-state index < -0.39 is 5.97 Å². The number of carbonyl (C=O) groups excluding carboxylic acids is 2. The second-order valence-electron chi connectivity index (χ2n) is 7.94. The monoisotopic (exact) mass is 455 g/mol. The number of methoxy groups -OCH3 is 2. The molecule has 0 bridgehead atoms. The van der Waals surface area contributed by atoms with Crippen molar-refractivity contribution in [2.75, 3.05) is 20.8 Å². The number of benzene rings is 3. The molecule has 0 aliphatic rings. The van der Waals surface area contributed by atoms with Gasteiger partial charge in [-0.15, -0.1) is 0 Å². The summed E-state index contributed by atoms with van der Waals surface area (Å²) in [6.45, 7) is 3.58. The zero-order valence-electron chi connectivity index (χ0n) is 19.5. The van der Waals surface area contributed by atoms with E-state index in [4.69, 9.17) is 19.2 Å². The number of ketones is 1. The smallest absolute Gasteiger partial charge is 0.339 e. The number of carbonyl (C=O) groups is 2. The molecule has 1 aromatic heterocycles. The molecular formula is C28H25NO5. The fraction of sp³-hybridized carbons (Fsp3) is 0.179. The normalized spacial score (nSPS) is 10.7. The van der Waals surface area contributed by atoms with Gasteiger partial charge in [-0.25, -0.2) is 9.78 Å². The highest BCUT2D eigenvalue weighted by Crippen LogP contribution is 2.33. The van der Waals surface area contributed by atoms with E-state index in [2.05, 4.69) is 0 Å². The first-order valence-electron chi connectivity index (χ1n) is 10.8. The Morgan fingerprint density at radius 1 is 0.824 bits per heavy atom. The Bertz CT molecular complexity index is 1390. The molecule has 0 atom stereocenters. The molecule has 0 saturated carbocycles. The topological polar surface area (TPSA) is 74.7 Å². The first kappa shape index (κ1) is 23.0. The highest BCUT2D eigenvalue weighted by atomic mass is 16.5. The summed E-state index contributed by atoms with van der Waals surface area (Å²) in [6, 6.07) is 19.9. The Labute approximate surface area is 198 Å². The van der Waals surface area contributed by atoms with Crippen molar-refractivity contribution in [2.24, 2.45) is 0 Å². The van der Waals surface area contributed by atoms with Crippen LogP contribution in [0.1, 0.15) is 31.8 Å². The third-order valence-corrected chi connectivity index (χ3v) is 5.78. The van der Waals surface area contributed by atoms with Gasteiger partial charge >= 0.3 is 5.97 Å². The van der Waals surface area contributed by atoms with Crippen LogP contribution in [0.5, 0.6) is 11.5 Å². The summed E-state index contributed by atoms with van der Waals surface area (Å²) in [6.07, 6.45) is 0. The molecule has 0 amide bonds. The maximum absolute atomic E-state index is 13.1. The van der Waals surface area contributed by atoms with Crippen molar-refractivity contribution < 1.29 is 23.8 Å². The van der Waals surface area contributed by atoms with Crippen LogP contribution in [0, 0.1) is 13.8 Å². The van der Waals surface area contributed by atoms with E-state index in [-0.39, 0.29) is 12.4 Å². The molecule has 0 unspecified atom stereocenters. The summed E-state index contributed by atoms with van der Waals surface area (Å²) >= 11 is 0. The van der Waals surface area contributed by atoms with E-state index in [1.807, 2.05) is 56.3 Å². The first-order chi connectivity index (χ1) is 16.4. The predicted octanol–water partition coefficient (Wildman–Crippen LogP) is 5.58. The standard InChI is InChI=1S/C28H25NO5/c1-17-9-10-20(13-18(17)2)25(30)16-34-28(31)22-15-24(29-23-8-6-5-7-21(22)23)19-11-12-26(32-3)27(14-19)33-4/h5-15H,16H2,1-4H3. The number of pyridine rings is 1. The lowest BCUT2D eigenvalue weighted by molar-refractivity contribution is 0.0476. The van der Waals surface area contributed by atoms with Crippen molar-refractivity contribution >= 4 is 22.7 Å². The van der Waals surface area contributed by atoms with E-state index in [0.29, 0.717) is 39.2 Å². The lowest BCUT2D eigenvalue weighted by Gasteiger charge is -2.12. The van der Waals surface area contributed by atoms with Crippen molar-refractivity contribution in [2.45, 2.75) is 13.8 Å². The molecule has 4 rings (SSSR count). The van der Waals surface area contributed by atoms with Crippen molar-refractivity contribution in [1.29, 1.82) is 0 Å². The van der Waals surface area contributed by atoms with Gasteiger partial charge in [-0.05, 0) is 61.4 Å². The number of fused-ring (bicyclic) bond motifs is 1. The van der Waals surface area contributed by atoms with Gasteiger partial charge in [0.05, 0.1) is 31.0 Å². The summed E-state index contributed by atoms with van der Waals surface area (Å²) < 4.78 is 16.2. The summed E-state index contributed by atoms with van der Waals surface area (Å²) in [4.78, 5) is 30.4. The second-order valence-corrected chi connectivity index (χ2v) is 7.94. The van der Waals surface area contributed by atoms with Crippen LogP contribution in [0.4, 0.5) is 0 Å². The fourth-order valence-electron chi connectivity index (χ4n) is 3.69. The Balaban J connectivity index is 1.65. The van der Waals surface area contributed by atoms with Gasteiger partial charge in [0.15, 0.2) is 23.9 Å². The van der Waals surface area contributed by atoms with Crippen molar-refractivity contribution in [3.8, 4) is 22.8 Å². The van der Waals surface area contributed by atoms with Gasteiger partial charge in [-0.1, -0.05) is 30.3 Å². The quantitative estimate of drug-likeness (QED) is 0.268. The molecule has 34 heavy (non-hydrogen) atoms. The molecule has 3 aromatic carbocycles. The third-order valence-electron chi connectivity index (χ3n) is 5.78.